The molecule has 1 heterocycles. The first-order valence-corrected chi connectivity index (χ1v) is 11.1. The molecule has 2 aliphatic carbocycles. The highest BCUT2D eigenvalue weighted by Crippen LogP contribution is 2.42. The number of hydrogen-bond acceptors (Lipinski definition) is 5. The minimum Gasteiger partial charge on any atom is -0.455 e. The average Bonchev–Trinajstić information content (AvgIpc) is 3.34. The van der Waals surface area contributed by atoms with Crippen LogP contribution < -0.4 is 10.7 Å². The molecule has 0 atom stereocenters. The smallest absolute Gasteiger partial charge is 0.344 e. The number of nitrogens with zero attached hydrogens (tertiary/aromatic N) is 1. The summed E-state index contributed by atoms with van der Waals surface area (Å²) in [5, 5.41) is 4.01. The maximum Gasteiger partial charge on any atom is 0.344 e. The zero-order valence-corrected chi connectivity index (χ0v) is 18.0. The number of rotatable bonds is 5. The van der Waals surface area contributed by atoms with Gasteiger partial charge in [0.25, 0.3) is 11.8 Å². The Labute approximate surface area is 185 Å². The molecule has 4 amide bonds. The Bertz CT molecular complexity index is 889. The number of benzene rings is 1. The molecule has 0 aromatic heterocycles. The predicted molar refractivity (Wildman–Crippen MR) is 112 cm³/mol. The van der Waals surface area contributed by atoms with Crippen molar-refractivity contribution in [2.45, 2.75) is 68.7 Å². The summed E-state index contributed by atoms with van der Waals surface area (Å²) in [6.07, 6.45) is 6.85. The molecule has 0 radical (unpaired) electrons. The number of carbonyl (C=O) groups is 4. The predicted octanol–water partition coefficient (Wildman–Crippen LogP) is 2.98. The molecule has 1 spiro atoms. The van der Waals surface area contributed by atoms with E-state index in [-0.39, 0.29) is 0 Å². The van der Waals surface area contributed by atoms with Crippen molar-refractivity contribution in [1.82, 2.24) is 15.8 Å². The number of hydrogen-bond donors (Lipinski definition) is 2. The lowest BCUT2D eigenvalue weighted by molar-refractivity contribution is -0.155. The van der Waals surface area contributed by atoms with E-state index in [2.05, 4.69) is 10.7 Å². The van der Waals surface area contributed by atoms with Crippen molar-refractivity contribution in [2.75, 3.05) is 6.61 Å². The molecule has 2 N–H and O–H groups in total. The van der Waals surface area contributed by atoms with E-state index < -0.39 is 41.4 Å². The van der Waals surface area contributed by atoms with Gasteiger partial charge in [-0.1, -0.05) is 55.8 Å². The van der Waals surface area contributed by atoms with Crippen LogP contribution in [-0.4, -0.2) is 41.0 Å². The lowest BCUT2D eigenvalue weighted by Crippen LogP contribution is -2.51. The average molecular weight is 448 g/mol. The minimum atomic E-state index is -0.929. The number of imide groups is 1. The van der Waals surface area contributed by atoms with Gasteiger partial charge < -0.3 is 10.1 Å². The molecule has 3 fully saturated rings. The fourth-order valence-electron chi connectivity index (χ4n) is 5.00. The molecule has 0 bridgehead atoms. The topological polar surface area (TPSA) is 105 Å². The van der Waals surface area contributed by atoms with E-state index in [0.29, 0.717) is 35.7 Å². The number of nitrogens with one attached hydrogen (secondary N) is 2. The Balaban J connectivity index is 1.38. The molecule has 8 nitrogen and oxygen atoms in total. The Morgan fingerprint density at radius 1 is 1.00 bits per heavy atom. The van der Waals surface area contributed by atoms with E-state index in [1.165, 1.54) is 0 Å². The van der Waals surface area contributed by atoms with Gasteiger partial charge in [0.1, 0.15) is 5.54 Å². The highest BCUT2D eigenvalue weighted by atomic mass is 35.5. The van der Waals surface area contributed by atoms with E-state index >= 15 is 0 Å². The van der Waals surface area contributed by atoms with E-state index in [0.717, 1.165) is 37.7 Å². The molecule has 1 aromatic rings. The van der Waals surface area contributed by atoms with Crippen LogP contribution in [0.5, 0.6) is 0 Å². The summed E-state index contributed by atoms with van der Waals surface area (Å²) in [5.74, 6) is -1.66. The van der Waals surface area contributed by atoms with E-state index in [9.17, 15) is 19.2 Å². The maximum absolute atomic E-state index is 13.0. The van der Waals surface area contributed by atoms with Crippen LogP contribution >= 0.6 is 11.6 Å². The SMILES string of the molecule is O=C(COC(=O)C1(c2ccc(Cl)cc2)CCCC1)NN1C(=O)NC2(CCCCC2)C1=O. The quantitative estimate of drug-likeness (QED) is 0.533. The van der Waals surface area contributed by atoms with Gasteiger partial charge in [0, 0.05) is 5.02 Å². The largest absolute Gasteiger partial charge is 0.455 e. The van der Waals surface area contributed by atoms with Gasteiger partial charge in [-0.3, -0.25) is 19.8 Å². The molecule has 1 saturated heterocycles. The Kier molecular flexibility index (Phi) is 5.92. The van der Waals surface area contributed by atoms with Gasteiger partial charge in [0.15, 0.2) is 6.61 Å². The van der Waals surface area contributed by atoms with Gasteiger partial charge in [-0.05, 0) is 43.4 Å². The van der Waals surface area contributed by atoms with Crippen LogP contribution in [0, 0.1) is 0 Å². The van der Waals surface area contributed by atoms with Crippen LogP contribution in [0.2, 0.25) is 5.02 Å². The molecule has 9 heteroatoms. The monoisotopic (exact) mass is 447 g/mol. The second-order valence-corrected chi connectivity index (χ2v) is 9.06. The summed E-state index contributed by atoms with van der Waals surface area (Å²) in [6.45, 7) is -0.571. The molecule has 31 heavy (non-hydrogen) atoms. The van der Waals surface area contributed by atoms with Crippen molar-refractivity contribution >= 4 is 35.4 Å². The summed E-state index contributed by atoms with van der Waals surface area (Å²) in [5.41, 5.74) is 1.37. The molecule has 0 unspecified atom stereocenters. The van der Waals surface area contributed by atoms with Crippen molar-refractivity contribution in [3.8, 4) is 0 Å². The molecule has 1 aliphatic heterocycles. The summed E-state index contributed by atoms with van der Waals surface area (Å²) in [7, 11) is 0. The first-order valence-electron chi connectivity index (χ1n) is 10.8. The number of esters is 1. The van der Waals surface area contributed by atoms with Gasteiger partial charge in [-0.25, -0.2) is 4.79 Å². The van der Waals surface area contributed by atoms with E-state index in [4.69, 9.17) is 16.3 Å². The first-order chi connectivity index (χ1) is 14.9. The van der Waals surface area contributed by atoms with Crippen molar-refractivity contribution in [3.63, 3.8) is 0 Å². The number of carbonyl (C=O) groups excluding carboxylic acids is 4. The highest BCUT2D eigenvalue weighted by Gasteiger charge is 2.52. The molecule has 4 rings (SSSR count). The van der Waals surface area contributed by atoms with Gasteiger partial charge in [-0.15, -0.1) is 0 Å². The number of ether oxygens (including phenoxy) is 1. The summed E-state index contributed by atoms with van der Waals surface area (Å²) < 4.78 is 5.34. The number of amides is 4. The third kappa shape index (κ3) is 4.01. The normalized spacial score (nSPS) is 21.8. The highest BCUT2D eigenvalue weighted by molar-refractivity contribution is 6.30. The molecule has 2 saturated carbocycles. The van der Waals surface area contributed by atoms with Crippen LogP contribution in [0.15, 0.2) is 24.3 Å². The van der Waals surface area contributed by atoms with Crippen LogP contribution in [0.25, 0.3) is 0 Å². The summed E-state index contributed by atoms with van der Waals surface area (Å²) in [4.78, 5) is 50.4. The molecule has 166 valence electrons. The summed E-state index contributed by atoms with van der Waals surface area (Å²) >= 11 is 5.97. The van der Waals surface area contributed by atoms with Gasteiger partial charge in [-0.2, -0.15) is 5.01 Å². The molecule has 3 aliphatic rings. The second-order valence-electron chi connectivity index (χ2n) is 8.62. The Hall–Kier alpha value is -2.61. The molecular weight excluding hydrogens is 422 g/mol. The zero-order chi connectivity index (χ0) is 22.1. The maximum atomic E-state index is 13.0. The third-order valence-electron chi connectivity index (χ3n) is 6.68. The van der Waals surface area contributed by atoms with Crippen LogP contribution in [0.3, 0.4) is 0 Å². The standard InChI is InChI=1S/C22H26ClN3O5/c23-16-8-6-15(7-9-16)21(10-4-5-11-21)19(29)31-14-17(27)25-26-18(28)22(24-20(26)30)12-2-1-3-13-22/h6-9H,1-5,10-14H2,(H,24,30)(H,25,27). The van der Waals surface area contributed by atoms with E-state index in [1.807, 2.05) is 12.1 Å². The van der Waals surface area contributed by atoms with Crippen LogP contribution in [0.1, 0.15) is 63.4 Å². The first kappa shape index (κ1) is 21.6. The van der Waals surface area contributed by atoms with Gasteiger partial charge >= 0.3 is 12.0 Å². The second kappa shape index (κ2) is 8.49. The van der Waals surface area contributed by atoms with Gasteiger partial charge in [0.05, 0.1) is 5.41 Å². The lowest BCUT2D eigenvalue weighted by atomic mass is 9.79. The van der Waals surface area contributed by atoms with Crippen molar-refractivity contribution < 1.29 is 23.9 Å². The lowest BCUT2D eigenvalue weighted by Gasteiger charge is -2.30. The number of urea groups is 1. The molecule has 1 aromatic carbocycles. The van der Waals surface area contributed by atoms with Crippen molar-refractivity contribution in [3.05, 3.63) is 34.9 Å². The zero-order valence-electron chi connectivity index (χ0n) is 17.2. The number of hydrazine groups is 1. The fourth-order valence-corrected chi connectivity index (χ4v) is 5.13. The summed E-state index contributed by atoms with van der Waals surface area (Å²) in [6, 6.07) is 6.43. The number of halogens is 1. The fraction of sp³-hybridized carbons (Fsp3) is 0.545. The molecular formula is C22H26ClN3O5. The van der Waals surface area contributed by atoms with E-state index in [1.54, 1.807) is 12.1 Å². The Morgan fingerprint density at radius 3 is 2.26 bits per heavy atom. The van der Waals surface area contributed by atoms with Crippen LogP contribution in [0.4, 0.5) is 4.79 Å². The van der Waals surface area contributed by atoms with Gasteiger partial charge in [0.2, 0.25) is 0 Å². The van der Waals surface area contributed by atoms with Crippen LogP contribution in [-0.2, 0) is 24.5 Å². The Morgan fingerprint density at radius 2 is 1.61 bits per heavy atom. The van der Waals surface area contributed by atoms with Crippen molar-refractivity contribution in [2.24, 2.45) is 0 Å². The minimum absolute atomic E-state index is 0.453. The third-order valence-corrected chi connectivity index (χ3v) is 6.94. The van der Waals surface area contributed by atoms with Crippen molar-refractivity contribution in [1.29, 1.82) is 0 Å².